The Labute approximate surface area is 160 Å². The molecule has 1 atom stereocenters. The predicted molar refractivity (Wildman–Crippen MR) is 98.6 cm³/mol. The number of halogens is 3. The number of carbonyl (C=O) groups excluding carboxylic acids is 1. The van der Waals surface area contributed by atoms with Crippen LogP contribution in [-0.4, -0.2) is 47.8 Å². The highest BCUT2D eigenvalue weighted by atomic mass is 19.4. The van der Waals surface area contributed by atoms with E-state index in [1.54, 1.807) is 17.0 Å². The number of hydrogen-bond donors (Lipinski definition) is 2. The summed E-state index contributed by atoms with van der Waals surface area (Å²) in [5, 5.41) is 3.00. The second-order valence-corrected chi connectivity index (χ2v) is 6.56. The number of anilines is 1. The zero-order valence-electron chi connectivity index (χ0n) is 15.1. The summed E-state index contributed by atoms with van der Waals surface area (Å²) in [6.45, 7) is 1.16. The molecule has 1 unspecified atom stereocenters. The highest BCUT2D eigenvalue weighted by Crippen LogP contribution is 2.36. The van der Waals surface area contributed by atoms with Crippen molar-refractivity contribution < 1.29 is 22.7 Å². The summed E-state index contributed by atoms with van der Waals surface area (Å²) in [7, 11) is 0. The first kappa shape index (κ1) is 19.9. The van der Waals surface area contributed by atoms with Crippen LogP contribution in [0.25, 0.3) is 11.1 Å². The molecular formula is C19H21F3N4O2. The second kappa shape index (κ2) is 8.47. The van der Waals surface area contributed by atoms with Gasteiger partial charge in [0.25, 0.3) is 0 Å². The number of aromatic nitrogens is 1. The number of nitrogens with two attached hydrogens (primary N) is 1. The number of para-hydroxylation sites is 1. The standard InChI is InChI=1S/C19H21F3N4O2/c20-19(21,22)28-17-6-2-1-5-14(17)15-10-24-8-7-16(15)25-11-18(27)26-9-3-4-13(23)12-26/h1-2,5-8,10,13H,3-4,9,11-12,23H2,(H,24,25). The van der Waals surface area contributed by atoms with Gasteiger partial charge in [-0.1, -0.05) is 18.2 Å². The average molecular weight is 394 g/mol. The van der Waals surface area contributed by atoms with Crippen molar-refractivity contribution in [1.29, 1.82) is 0 Å². The first-order valence-electron chi connectivity index (χ1n) is 8.90. The Morgan fingerprint density at radius 3 is 2.82 bits per heavy atom. The number of piperidine rings is 1. The summed E-state index contributed by atoms with van der Waals surface area (Å²) >= 11 is 0. The number of likely N-dealkylation sites (tertiary alicyclic amines) is 1. The molecule has 6 nitrogen and oxygen atoms in total. The fourth-order valence-corrected chi connectivity index (χ4v) is 3.19. The van der Waals surface area contributed by atoms with Crippen LogP contribution in [0.4, 0.5) is 18.9 Å². The number of benzene rings is 1. The first-order chi connectivity index (χ1) is 13.3. The number of nitrogens with zero attached hydrogens (tertiary/aromatic N) is 2. The molecule has 0 aliphatic carbocycles. The number of amides is 1. The number of rotatable bonds is 5. The Hall–Kier alpha value is -2.81. The molecule has 1 saturated heterocycles. The van der Waals surface area contributed by atoms with Crippen molar-refractivity contribution in [2.75, 3.05) is 25.0 Å². The van der Waals surface area contributed by atoms with E-state index in [0.29, 0.717) is 24.3 Å². The van der Waals surface area contributed by atoms with Gasteiger partial charge in [-0.2, -0.15) is 0 Å². The van der Waals surface area contributed by atoms with E-state index in [9.17, 15) is 18.0 Å². The topological polar surface area (TPSA) is 80.5 Å². The molecule has 1 aliphatic rings. The van der Waals surface area contributed by atoms with Crippen LogP contribution in [0, 0.1) is 0 Å². The van der Waals surface area contributed by atoms with Crippen LogP contribution in [0.3, 0.4) is 0 Å². The highest BCUT2D eigenvalue weighted by Gasteiger charge is 2.32. The lowest BCUT2D eigenvalue weighted by molar-refractivity contribution is -0.274. The Morgan fingerprint density at radius 2 is 2.07 bits per heavy atom. The van der Waals surface area contributed by atoms with E-state index in [2.05, 4.69) is 15.0 Å². The van der Waals surface area contributed by atoms with Crippen molar-refractivity contribution in [1.82, 2.24) is 9.88 Å². The van der Waals surface area contributed by atoms with Crippen molar-refractivity contribution in [2.45, 2.75) is 25.2 Å². The van der Waals surface area contributed by atoms with Crippen LogP contribution in [0.2, 0.25) is 0 Å². The Morgan fingerprint density at radius 1 is 1.29 bits per heavy atom. The summed E-state index contributed by atoms with van der Waals surface area (Å²) in [4.78, 5) is 18.1. The molecule has 1 aromatic heterocycles. The maximum Gasteiger partial charge on any atom is 0.573 e. The van der Waals surface area contributed by atoms with Gasteiger partial charge < -0.3 is 20.7 Å². The maximum absolute atomic E-state index is 12.7. The zero-order chi connectivity index (χ0) is 20.1. The largest absolute Gasteiger partial charge is 0.573 e. The molecule has 0 bridgehead atoms. The molecule has 150 valence electrons. The van der Waals surface area contributed by atoms with E-state index in [4.69, 9.17) is 5.73 Å². The van der Waals surface area contributed by atoms with Crippen molar-refractivity contribution in [3.8, 4) is 16.9 Å². The highest BCUT2D eigenvalue weighted by molar-refractivity contribution is 5.85. The number of hydrogen-bond acceptors (Lipinski definition) is 5. The molecule has 0 saturated carbocycles. The normalized spacial score (nSPS) is 17.3. The summed E-state index contributed by atoms with van der Waals surface area (Å²) in [6, 6.07) is 7.39. The number of nitrogens with one attached hydrogen (secondary N) is 1. The molecule has 1 fully saturated rings. The number of alkyl halides is 3. The Balaban J connectivity index is 1.78. The van der Waals surface area contributed by atoms with E-state index in [1.165, 1.54) is 30.6 Å². The molecule has 9 heteroatoms. The third-order valence-electron chi connectivity index (χ3n) is 4.46. The van der Waals surface area contributed by atoms with Gasteiger partial charge in [-0.05, 0) is 25.0 Å². The van der Waals surface area contributed by atoms with Gasteiger partial charge in [0.05, 0.1) is 6.54 Å². The Bertz CT molecular complexity index is 829. The van der Waals surface area contributed by atoms with Gasteiger partial charge in [0.15, 0.2) is 0 Å². The van der Waals surface area contributed by atoms with E-state index in [0.717, 1.165) is 12.8 Å². The predicted octanol–water partition coefficient (Wildman–Crippen LogP) is 3.01. The molecule has 2 heterocycles. The number of pyridine rings is 1. The molecule has 3 N–H and O–H groups in total. The third-order valence-corrected chi connectivity index (χ3v) is 4.46. The SMILES string of the molecule is NC1CCCN(C(=O)CNc2ccncc2-c2ccccc2OC(F)(F)F)C1. The smallest absolute Gasteiger partial charge is 0.405 e. The molecule has 2 aromatic rings. The van der Waals surface area contributed by atoms with Gasteiger partial charge in [0.2, 0.25) is 5.91 Å². The minimum atomic E-state index is -4.81. The van der Waals surface area contributed by atoms with E-state index in [-0.39, 0.29) is 29.8 Å². The van der Waals surface area contributed by atoms with Gasteiger partial charge in [-0.25, -0.2) is 0 Å². The zero-order valence-corrected chi connectivity index (χ0v) is 15.1. The fraction of sp³-hybridized carbons (Fsp3) is 0.368. The van der Waals surface area contributed by atoms with Crippen LogP contribution in [-0.2, 0) is 4.79 Å². The summed E-state index contributed by atoms with van der Waals surface area (Å²) < 4.78 is 42.3. The monoisotopic (exact) mass is 394 g/mol. The van der Waals surface area contributed by atoms with Crippen LogP contribution < -0.4 is 15.8 Å². The lowest BCUT2D eigenvalue weighted by Crippen LogP contribution is -2.47. The van der Waals surface area contributed by atoms with Crippen molar-refractivity contribution in [3.63, 3.8) is 0 Å². The average Bonchev–Trinajstić information content (AvgIpc) is 2.65. The minimum absolute atomic E-state index is 0.00598. The van der Waals surface area contributed by atoms with Gasteiger partial charge in [-0.15, -0.1) is 13.2 Å². The molecule has 1 aromatic carbocycles. The van der Waals surface area contributed by atoms with Gasteiger partial charge in [0, 0.05) is 48.3 Å². The lowest BCUT2D eigenvalue weighted by Gasteiger charge is -2.31. The van der Waals surface area contributed by atoms with Crippen LogP contribution in [0.5, 0.6) is 5.75 Å². The lowest BCUT2D eigenvalue weighted by atomic mass is 10.0. The minimum Gasteiger partial charge on any atom is -0.405 e. The van der Waals surface area contributed by atoms with Gasteiger partial charge in [-0.3, -0.25) is 9.78 Å². The van der Waals surface area contributed by atoms with Crippen molar-refractivity contribution in [2.24, 2.45) is 5.73 Å². The van der Waals surface area contributed by atoms with Crippen LogP contribution >= 0.6 is 0 Å². The van der Waals surface area contributed by atoms with Crippen LogP contribution in [0.1, 0.15) is 12.8 Å². The molecule has 3 rings (SSSR count). The Kier molecular flexibility index (Phi) is 6.03. The molecule has 1 amide bonds. The number of ether oxygens (including phenoxy) is 1. The van der Waals surface area contributed by atoms with Crippen molar-refractivity contribution >= 4 is 11.6 Å². The quantitative estimate of drug-likeness (QED) is 0.815. The summed E-state index contributed by atoms with van der Waals surface area (Å²) in [6.07, 6.45) is -0.130. The fourth-order valence-electron chi connectivity index (χ4n) is 3.19. The molecule has 1 aliphatic heterocycles. The van der Waals surface area contributed by atoms with E-state index < -0.39 is 6.36 Å². The van der Waals surface area contributed by atoms with Gasteiger partial charge >= 0.3 is 6.36 Å². The number of carbonyl (C=O) groups is 1. The molecule has 0 radical (unpaired) electrons. The van der Waals surface area contributed by atoms with E-state index in [1.807, 2.05) is 0 Å². The summed E-state index contributed by atoms with van der Waals surface area (Å²) in [5.41, 5.74) is 7.03. The second-order valence-electron chi connectivity index (χ2n) is 6.56. The van der Waals surface area contributed by atoms with E-state index >= 15 is 0 Å². The molecular weight excluding hydrogens is 373 g/mol. The molecule has 28 heavy (non-hydrogen) atoms. The third kappa shape index (κ3) is 5.13. The first-order valence-corrected chi connectivity index (χ1v) is 8.90. The van der Waals surface area contributed by atoms with Crippen LogP contribution in [0.15, 0.2) is 42.7 Å². The maximum atomic E-state index is 12.7. The summed E-state index contributed by atoms with van der Waals surface area (Å²) in [5.74, 6) is -0.447. The van der Waals surface area contributed by atoms with Gasteiger partial charge in [0.1, 0.15) is 5.75 Å². The molecule has 0 spiro atoms. The van der Waals surface area contributed by atoms with Crippen molar-refractivity contribution in [3.05, 3.63) is 42.7 Å².